The first kappa shape index (κ1) is 31.2. The fourth-order valence-corrected chi connectivity index (χ4v) is 10.3. The van der Waals surface area contributed by atoms with E-state index in [1.165, 1.54) is 75.7 Å². The zero-order valence-corrected chi connectivity index (χ0v) is 31.0. The lowest BCUT2D eigenvalue weighted by Gasteiger charge is -2.12. The van der Waals surface area contributed by atoms with Gasteiger partial charge in [0.1, 0.15) is 16.2 Å². The first-order valence-electron chi connectivity index (χ1n) is 19.0. The molecule has 4 heterocycles. The highest BCUT2D eigenvalue weighted by Crippen LogP contribution is 2.52. The minimum atomic E-state index is 0.879. The van der Waals surface area contributed by atoms with Gasteiger partial charge in [-0.3, -0.25) is 0 Å². The number of nitrogens with zero attached hydrogens (tertiary/aromatic N) is 2. The minimum absolute atomic E-state index is 0.879. The van der Waals surface area contributed by atoms with Gasteiger partial charge in [0.25, 0.3) is 0 Å². The van der Waals surface area contributed by atoms with Crippen molar-refractivity contribution in [1.29, 1.82) is 0 Å². The molecule has 12 rings (SSSR count). The van der Waals surface area contributed by atoms with E-state index in [-0.39, 0.29) is 0 Å². The van der Waals surface area contributed by atoms with E-state index >= 15 is 0 Å². The molecule has 0 spiro atoms. The average Bonchev–Trinajstić information content (AvgIpc) is 4.01. The smallest absolute Gasteiger partial charge is 0.136 e. The normalized spacial score (nSPS) is 11.9. The zero-order valence-electron chi connectivity index (χ0n) is 30.2. The molecule has 0 amide bonds. The summed E-state index contributed by atoms with van der Waals surface area (Å²) in [7, 11) is 0. The van der Waals surface area contributed by atoms with Gasteiger partial charge in [0.15, 0.2) is 0 Å². The van der Waals surface area contributed by atoms with E-state index in [9.17, 15) is 0 Å². The van der Waals surface area contributed by atoms with Crippen molar-refractivity contribution in [2.24, 2.45) is 0 Å². The van der Waals surface area contributed by atoms with Gasteiger partial charge in [0.05, 0.1) is 22.1 Å². The molecule has 12 aromatic rings. The Balaban J connectivity index is 1.11. The van der Waals surface area contributed by atoms with Crippen LogP contribution >= 0.6 is 11.3 Å². The molecule has 56 heavy (non-hydrogen) atoms. The van der Waals surface area contributed by atoms with Gasteiger partial charge in [-0.1, -0.05) is 140 Å². The van der Waals surface area contributed by atoms with Crippen molar-refractivity contribution in [1.82, 2.24) is 9.13 Å². The predicted molar refractivity (Wildman–Crippen MR) is 237 cm³/mol. The third-order valence-corrected chi connectivity index (χ3v) is 12.6. The summed E-state index contributed by atoms with van der Waals surface area (Å²) < 4.78 is 11.6. The SMILES string of the molecule is c1ccc(-c2c(-c3ccc4c(c3)oc3ccc(-n5c6ccccc6c6ccccc65)cc34)sc(-n3c4ccccc4c4ccccc43)c2-c2ccccc2)cc1. The molecule has 0 aliphatic rings. The molecule has 0 aliphatic carbocycles. The summed E-state index contributed by atoms with van der Waals surface area (Å²) in [5.41, 5.74) is 13.6. The van der Waals surface area contributed by atoms with E-state index in [2.05, 4.69) is 203 Å². The number of aromatic nitrogens is 2. The summed E-state index contributed by atoms with van der Waals surface area (Å²) in [6.07, 6.45) is 0. The lowest BCUT2D eigenvalue weighted by molar-refractivity contribution is 0.669. The fraction of sp³-hybridized carbons (Fsp3) is 0. The molecule has 0 bridgehead atoms. The molecular formula is C52H32N2OS. The zero-order chi connectivity index (χ0) is 36.7. The second-order valence-corrected chi connectivity index (χ2v) is 15.5. The highest BCUT2D eigenvalue weighted by molar-refractivity contribution is 7.19. The van der Waals surface area contributed by atoms with Crippen molar-refractivity contribution >= 4 is 76.9 Å². The molecule has 3 nitrogen and oxygen atoms in total. The van der Waals surface area contributed by atoms with Crippen molar-refractivity contribution in [3.05, 3.63) is 194 Å². The van der Waals surface area contributed by atoms with Gasteiger partial charge in [0, 0.05) is 54.0 Å². The lowest BCUT2D eigenvalue weighted by atomic mass is 9.93. The largest absolute Gasteiger partial charge is 0.456 e. The molecule has 4 aromatic heterocycles. The second-order valence-electron chi connectivity index (χ2n) is 14.5. The van der Waals surface area contributed by atoms with Crippen LogP contribution in [0, 0.1) is 0 Å². The van der Waals surface area contributed by atoms with E-state index in [0.29, 0.717) is 0 Å². The molecule has 4 heteroatoms. The van der Waals surface area contributed by atoms with Crippen LogP contribution in [0.5, 0.6) is 0 Å². The Kier molecular flexibility index (Phi) is 6.80. The van der Waals surface area contributed by atoms with E-state index in [4.69, 9.17) is 4.42 Å². The number of rotatable bonds is 5. The van der Waals surface area contributed by atoms with Crippen molar-refractivity contribution in [3.63, 3.8) is 0 Å². The number of thiophene rings is 1. The first-order valence-corrected chi connectivity index (χ1v) is 19.8. The van der Waals surface area contributed by atoms with Crippen LogP contribution in [0.3, 0.4) is 0 Å². The topological polar surface area (TPSA) is 23.0 Å². The molecule has 0 unspecified atom stereocenters. The maximum atomic E-state index is 6.71. The summed E-state index contributed by atoms with van der Waals surface area (Å²) in [4.78, 5) is 1.21. The van der Waals surface area contributed by atoms with E-state index in [1.54, 1.807) is 0 Å². The van der Waals surface area contributed by atoms with Gasteiger partial charge < -0.3 is 13.6 Å². The molecule has 0 radical (unpaired) electrons. The molecule has 0 fully saturated rings. The summed E-state index contributed by atoms with van der Waals surface area (Å²) in [6.45, 7) is 0. The standard InChI is InChI=1S/C52H32N2OS/c1-3-15-33(16-4-1)49-50(34-17-5-2-6-18-34)52(54-45-25-13-9-21-39(45)40-22-10-14-26-46(40)54)56-51(49)35-27-29-41-42-32-36(28-30-47(42)55-48(41)31-35)53-43-23-11-7-19-37(43)38-20-8-12-24-44(38)53/h1-32H. The van der Waals surface area contributed by atoms with Gasteiger partial charge in [0.2, 0.25) is 0 Å². The van der Waals surface area contributed by atoms with Crippen molar-refractivity contribution < 1.29 is 4.42 Å². The van der Waals surface area contributed by atoms with Crippen LogP contribution in [0.25, 0.3) is 109 Å². The van der Waals surface area contributed by atoms with Crippen LogP contribution in [-0.4, -0.2) is 9.13 Å². The van der Waals surface area contributed by atoms with Crippen LogP contribution in [0.1, 0.15) is 0 Å². The molecule has 0 saturated heterocycles. The number of para-hydroxylation sites is 4. The van der Waals surface area contributed by atoms with Crippen LogP contribution in [-0.2, 0) is 0 Å². The summed E-state index contributed by atoms with van der Waals surface area (Å²) in [5.74, 6) is 0. The Hall–Kier alpha value is -7.14. The summed E-state index contributed by atoms with van der Waals surface area (Å²) in [6, 6.07) is 70.0. The van der Waals surface area contributed by atoms with Crippen molar-refractivity contribution in [3.8, 4) is 43.4 Å². The monoisotopic (exact) mass is 732 g/mol. The van der Waals surface area contributed by atoms with E-state index < -0.39 is 0 Å². The average molecular weight is 733 g/mol. The second kappa shape index (κ2) is 12.2. The predicted octanol–water partition coefficient (Wildman–Crippen LogP) is 14.8. The van der Waals surface area contributed by atoms with Crippen LogP contribution < -0.4 is 0 Å². The lowest BCUT2D eigenvalue weighted by Crippen LogP contribution is -1.94. The Labute approximate surface area is 326 Å². The van der Waals surface area contributed by atoms with Gasteiger partial charge in [-0.15, -0.1) is 11.3 Å². The summed E-state index contributed by atoms with van der Waals surface area (Å²) >= 11 is 1.85. The van der Waals surface area contributed by atoms with Crippen molar-refractivity contribution in [2.75, 3.05) is 0 Å². The molecule has 262 valence electrons. The first-order chi connectivity index (χ1) is 27.8. The van der Waals surface area contributed by atoms with Crippen LogP contribution in [0.4, 0.5) is 0 Å². The molecule has 0 atom stereocenters. The van der Waals surface area contributed by atoms with Gasteiger partial charge in [-0.05, 0) is 71.3 Å². The quantitative estimate of drug-likeness (QED) is 0.173. The van der Waals surface area contributed by atoms with Crippen LogP contribution in [0.15, 0.2) is 199 Å². The molecule has 0 saturated carbocycles. The molecule has 8 aromatic carbocycles. The number of fused-ring (bicyclic) bond motifs is 9. The number of hydrogen-bond donors (Lipinski definition) is 0. The highest BCUT2D eigenvalue weighted by Gasteiger charge is 2.26. The Morgan fingerprint density at radius 1 is 0.339 bits per heavy atom. The summed E-state index contributed by atoms with van der Waals surface area (Å²) in [5, 5.41) is 8.43. The minimum Gasteiger partial charge on any atom is -0.456 e. The highest BCUT2D eigenvalue weighted by atomic mass is 32.1. The van der Waals surface area contributed by atoms with Gasteiger partial charge in [-0.25, -0.2) is 0 Å². The molecular weight excluding hydrogens is 701 g/mol. The third kappa shape index (κ3) is 4.57. The van der Waals surface area contributed by atoms with E-state index in [1.807, 2.05) is 11.3 Å². The van der Waals surface area contributed by atoms with Crippen LogP contribution in [0.2, 0.25) is 0 Å². The van der Waals surface area contributed by atoms with Gasteiger partial charge in [-0.2, -0.15) is 0 Å². The Bertz CT molecular complexity index is 3370. The van der Waals surface area contributed by atoms with Gasteiger partial charge >= 0.3 is 0 Å². The maximum absolute atomic E-state index is 6.71. The maximum Gasteiger partial charge on any atom is 0.136 e. The number of hydrogen-bond acceptors (Lipinski definition) is 2. The third-order valence-electron chi connectivity index (χ3n) is 11.4. The fourth-order valence-electron chi connectivity index (χ4n) is 8.92. The molecule has 0 N–H and O–H groups in total. The van der Waals surface area contributed by atoms with E-state index in [0.717, 1.165) is 33.2 Å². The number of benzene rings is 8. The van der Waals surface area contributed by atoms with Crippen molar-refractivity contribution in [2.45, 2.75) is 0 Å². The number of furan rings is 1. The Morgan fingerprint density at radius 3 is 1.41 bits per heavy atom. The molecule has 0 aliphatic heterocycles. The Morgan fingerprint density at radius 2 is 0.839 bits per heavy atom.